The normalized spacial score (nSPS) is 13.8. The summed E-state index contributed by atoms with van der Waals surface area (Å²) in [6.45, 7) is 29.3. The van der Waals surface area contributed by atoms with Crippen molar-refractivity contribution in [2.24, 2.45) is 23.7 Å². The minimum Gasteiger partial charge on any atom is -0.480 e. The van der Waals surface area contributed by atoms with Gasteiger partial charge in [0.2, 0.25) is 23.6 Å². The Morgan fingerprint density at radius 3 is 1.00 bits per heavy atom. The van der Waals surface area contributed by atoms with Crippen molar-refractivity contribution < 1.29 is 105 Å². The quantitative estimate of drug-likeness (QED) is 0.00734. The van der Waals surface area contributed by atoms with Gasteiger partial charge in [-0.25, -0.2) is 28.8 Å². The van der Waals surface area contributed by atoms with Gasteiger partial charge >= 0.3 is 42.5 Å². The molecule has 0 heterocycles. The zero-order valence-electron chi connectivity index (χ0n) is 80.7. The average Bonchev–Trinajstić information content (AvgIpc) is 0.741. The third-order valence-electron chi connectivity index (χ3n) is 20.4. The number of Topliss-reactive ketones (excluding diaryl/α,β-unsaturated/α-hetero) is 2. The molecule has 0 aliphatic rings. The van der Waals surface area contributed by atoms with Gasteiger partial charge in [-0.15, -0.1) is 0 Å². The van der Waals surface area contributed by atoms with E-state index in [0.717, 1.165) is 27.8 Å². The van der Waals surface area contributed by atoms with E-state index in [-0.39, 0.29) is 82.7 Å². The number of halogens is 4. The van der Waals surface area contributed by atoms with Gasteiger partial charge in [-0.3, -0.25) is 28.8 Å². The number of alkyl carbamates (subject to hydrolysis) is 4. The Hall–Kier alpha value is -12.2. The highest BCUT2D eigenvalue weighted by Crippen LogP contribution is 2.44. The molecule has 7 aromatic carbocycles. The summed E-state index contributed by atoms with van der Waals surface area (Å²) in [7, 11) is 0. The fourth-order valence-corrected chi connectivity index (χ4v) is 14.6. The standard InChI is InChI=1S/C61H75ClN4O9.C41H60N4O9.C2H3F3O/c1-41(2)37-45(40-53(67)51(38-43-23-13-10-14-24-43)65-55(69)52(39-44-25-15-11-16-26-44)66-58(72)75-60(7,8)9)54(68)64-50(31-21-22-36-63-57(71)74-59(4,5)6)56(70)73-61(46-27-17-12-18-28-46,47-34-32-42(3)33-35-47)48-29-19-20-30-49(48)62;1-27(2)23-30(35(47)43-31(37(49)50)21-15-16-22-42-38(51)53-40(3,4)5)26-34(46)32(24-28-17-11-9-12-18-28)44-36(48)33(25-29-19-13-10-14-20-29)45-39(52)54-41(6,7)8;3-2(4,5)1-6/h10-20,23-30,32-35,41,45,50-52H,21-22,31,36-40H2,1-9H3,(H,63,71)(H,64,68)(H,65,69)(H,66,72);9-14,17-20,27,30-33H,15-16,21-26H2,1-8H3,(H,42,51)(H,43,47)(H,44,48)(H,45,52)(H,49,50);6H,1H2/t45-,50+,51+,52+,61?;30-,31+,32+,33+;/m00./s1. The molecule has 0 fully saturated rings. The summed E-state index contributed by atoms with van der Waals surface area (Å²) in [5.41, 5.74) is 1.23. The van der Waals surface area contributed by atoms with Crippen LogP contribution in [0.1, 0.15) is 219 Å². The number of ether oxygens (including phenoxy) is 5. The van der Waals surface area contributed by atoms with Gasteiger partial charge in [0.25, 0.3) is 0 Å². The minimum absolute atomic E-state index is 0.00815. The first-order valence-electron chi connectivity index (χ1n) is 45.7. The SMILES string of the molecule is CC(C)C[C@@H](CC(=O)[C@@H](Cc1ccccc1)NC(=O)[C@@H](Cc1ccccc1)NC(=O)OC(C)(C)C)C(=O)N[C@H](CCCCNC(=O)OC(C)(C)C)C(=O)O.Cc1ccc(C(OC(=O)[C@@H](CCCCNC(=O)OC(C)(C)C)NC(=O)[C@H](CC(=O)[C@@H](Cc2ccccc2)NC(=O)[C@@H](Cc2ccccc2)NC(=O)OC(C)(C)C)CC(C)C)(c2ccccc2)c2ccccc2Cl)cc1.OCC(F)(F)F. The Bertz CT molecular complexity index is 4900. The van der Waals surface area contributed by atoms with E-state index in [0.29, 0.717) is 53.8 Å². The molecule has 0 spiro atoms. The number of hydrogen-bond acceptors (Lipinski definition) is 18. The highest BCUT2D eigenvalue weighted by Gasteiger charge is 2.45. The monoisotopic (exact) mass is 1890 g/mol. The maximum Gasteiger partial charge on any atom is 0.411 e. The number of aliphatic hydroxyl groups excluding tert-OH is 1. The van der Waals surface area contributed by atoms with Crippen LogP contribution in [0.25, 0.3) is 0 Å². The van der Waals surface area contributed by atoms with Crippen LogP contribution in [0.2, 0.25) is 5.02 Å². The summed E-state index contributed by atoms with van der Waals surface area (Å²) in [6, 6.07) is 53.9. The summed E-state index contributed by atoms with van der Waals surface area (Å²) in [5, 5.41) is 39.7. The van der Waals surface area contributed by atoms with Crippen molar-refractivity contribution in [3.63, 3.8) is 0 Å². The number of carboxylic acid groups (broad SMARTS) is 1. The lowest BCUT2D eigenvalue weighted by Crippen LogP contribution is -2.54. The second kappa shape index (κ2) is 55.0. The molecule has 7 rings (SSSR count). The maximum absolute atomic E-state index is 15.2. The van der Waals surface area contributed by atoms with Gasteiger partial charge < -0.3 is 76.4 Å². The van der Waals surface area contributed by atoms with E-state index in [4.69, 9.17) is 40.4 Å². The second-order valence-corrected chi connectivity index (χ2v) is 38.6. The van der Waals surface area contributed by atoms with Crippen LogP contribution in [-0.2, 0) is 93.3 Å². The van der Waals surface area contributed by atoms with Crippen LogP contribution >= 0.6 is 11.6 Å². The lowest BCUT2D eigenvalue weighted by Gasteiger charge is -2.37. The van der Waals surface area contributed by atoms with Crippen LogP contribution in [-0.4, -0.2) is 166 Å². The van der Waals surface area contributed by atoms with Crippen molar-refractivity contribution in [2.45, 2.75) is 278 Å². The number of carbonyl (C=O) groups is 12. The molecular weight excluding hydrogens is 1760 g/mol. The van der Waals surface area contributed by atoms with Crippen LogP contribution in [0.4, 0.5) is 32.3 Å². The van der Waals surface area contributed by atoms with E-state index < -0.39 is 160 Å². The Labute approximate surface area is 797 Å². The number of carbonyl (C=O) groups excluding carboxylic acids is 11. The molecule has 0 saturated carbocycles. The van der Waals surface area contributed by atoms with Gasteiger partial charge in [0, 0.05) is 72.3 Å². The predicted octanol–water partition coefficient (Wildman–Crippen LogP) is 17.4. The number of alkyl halides is 3. The van der Waals surface area contributed by atoms with Crippen LogP contribution in [0.3, 0.4) is 0 Å². The molecular formula is C104H138ClF3N8O19. The molecule has 9 atom stereocenters. The minimum atomic E-state index is -4.40. The summed E-state index contributed by atoms with van der Waals surface area (Å²) in [6.07, 6.45) is -4.79. The second-order valence-electron chi connectivity index (χ2n) is 38.2. The highest BCUT2D eigenvalue weighted by molar-refractivity contribution is 6.31. The van der Waals surface area contributed by atoms with Crippen molar-refractivity contribution in [2.75, 3.05) is 19.7 Å². The first-order valence-corrected chi connectivity index (χ1v) is 46.0. The molecule has 0 aliphatic carbocycles. The van der Waals surface area contributed by atoms with E-state index in [2.05, 4.69) is 42.5 Å². The summed E-state index contributed by atoms with van der Waals surface area (Å²) in [5.74, 6) is -7.03. The third kappa shape index (κ3) is 44.2. The number of carboxylic acids is 1. The Morgan fingerprint density at radius 2 is 0.667 bits per heavy atom. The van der Waals surface area contributed by atoms with Crippen molar-refractivity contribution in [1.82, 2.24) is 42.5 Å². The zero-order chi connectivity index (χ0) is 100. The van der Waals surface area contributed by atoms with Gasteiger partial charge in [0.05, 0.1) is 12.1 Å². The van der Waals surface area contributed by atoms with Crippen molar-refractivity contribution >= 4 is 83.1 Å². The number of ketones is 2. The lowest BCUT2D eigenvalue weighted by molar-refractivity contribution is -0.159. The molecule has 31 heteroatoms. The summed E-state index contributed by atoms with van der Waals surface area (Å²) >= 11 is 7.03. The number of amides is 8. The van der Waals surface area contributed by atoms with E-state index in [1.54, 1.807) is 95.2 Å². The molecule has 736 valence electrons. The fraction of sp³-hybridized carbons (Fsp3) is 0.481. The Balaban J connectivity index is 0.000000471. The van der Waals surface area contributed by atoms with Crippen LogP contribution in [0.15, 0.2) is 200 Å². The van der Waals surface area contributed by atoms with Gasteiger partial charge in [0.1, 0.15) is 53.2 Å². The van der Waals surface area contributed by atoms with E-state index >= 15 is 4.79 Å². The van der Waals surface area contributed by atoms with Crippen LogP contribution in [0, 0.1) is 30.6 Å². The molecule has 27 nitrogen and oxygen atoms in total. The molecule has 0 aliphatic heterocycles. The molecule has 1 unspecified atom stereocenters. The molecule has 0 aromatic heterocycles. The molecule has 7 aromatic rings. The Kier molecular flexibility index (Phi) is 46.2. The van der Waals surface area contributed by atoms with Gasteiger partial charge in [-0.2, -0.15) is 13.2 Å². The number of esters is 1. The summed E-state index contributed by atoms with van der Waals surface area (Å²) < 4.78 is 60.0. The van der Waals surface area contributed by atoms with Crippen LogP contribution in [0.5, 0.6) is 0 Å². The van der Waals surface area contributed by atoms with Crippen molar-refractivity contribution in [1.29, 1.82) is 0 Å². The average molecular weight is 1900 g/mol. The van der Waals surface area contributed by atoms with Crippen molar-refractivity contribution in [3.05, 3.63) is 250 Å². The van der Waals surface area contributed by atoms with Crippen molar-refractivity contribution in [3.8, 4) is 0 Å². The fourth-order valence-electron chi connectivity index (χ4n) is 14.3. The molecule has 0 saturated heterocycles. The highest BCUT2D eigenvalue weighted by atomic mass is 35.5. The van der Waals surface area contributed by atoms with E-state index in [1.807, 2.05) is 223 Å². The van der Waals surface area contributed by atoms with E-state index in [9.17, 15) is 71.0 Å². The molecule has 8 amide bonds. The molecule has 0 bridgehead atoms. The predicted molar refractivity (Wildman–Crippen MR) is 512 cm³/mol. The van der Waals surface area contributed by atoms with Gasteiger partial charge in [-0.1, -0.05) is 239 Å². The third-order valence-corrected chi connectivity index (χ3v) is 20.7. The topological polar surface area (TPSA) is 388 Å². The molecule has 0 radical (unpaired) electrons. The Morgan fingerprint density at radius 1 is 0.363 bits per heavy atom. The van der Waals surface area contributed by atoms with Gasteiger partial charge in [-0.05, 0) is 194 Å². The number of unbranched alkanes of at least 4 members (excludes halogenated alkanes) is 2. The number of aliphatic carboxylic acids is 1. The number of nitrogens with one attached hydrogen (secondary N) is 8. The number of rotatable bonds is 44. The number of benzene rings is 7. The first-order chi connectivity index (χ1) is 63.3. The first kappa shape index (κ1) is 113. The van der Waals surface area contributed by atoms with Gasteiger partial charge in [0.15, 0.2) is 17.2 Å². The smallest absolute Gasteiger partial charge is 0.411 e. The molecule has 10 N–H and O–H groups in total. The number of hydrogen-bond donors (Lipinski definition) is 10. The van der Waals surface area contributed by atoms with E-state index in [1.165, 1.54) is 0 Å². The molecule has 135 heavy (non-hydrogen) atoms. The largest absolute Gasteiger partial charge is 0.480 e. The number of aliphatic hydroxyl groups is 1. The lowest BCUT2D eigenvalue weighted by atomic mass is 9.79. The zero-order valence-corrected chi connectivity index (χ0v) is 81.4. The van der Waals surface area contributed by atoms with Crippen LogP contribution < -0.4 is 42.5 Å². The summed E-state index contributed by atoms with van der Waals surface area (Å²) in [4.78, 5) is 164. The number of aryl methyl sites for hydroxylation is 1. The maximum atomic E-state index is 15.2.